The van der Waals surface area contributed by atoms with E-state index >= 15 is 0 Å². The fraction of sp³-hybridized carbons (Fsp3) is 0.0833. The number of nitrogens with two attached hydrogens (primary N) is 2. The maximum absolute atomic E-state index is 12.7. The zero-order chi connectivity index (χ0) is 37.1. The van der Waals surface area contributed by atoms with Gasteiger partial charge in [-0.05, 0) is 41.8 Å². The molecule has 0 aliphatic carbocycles. The zero-order valence-corrected chi connectivity index (χ0v) is 28.5. The van der Waals surface area contributed by atoms with Gasteiger partial charge in [0.2, 0.25) is 0 Å². The van der Waals surface area contributed by atoms with Crippen LogP contribution in [0, 0.1) is 0 Å². The van der Waals surface area contributed by atoms with Gasteiger partial charge in [-0.1, -0.05) is 29.3 Å². The summed E-state index contributed by atoms with van der Waals surface area (Å²) in [7, 11) is -18.8. The first-order valence-corrected chi connectivity index (χ1v) is 19.5. The number of hydrogen-bond donors (Lipinski definition) is 6. The van der Waals surface area contributed by atoms with Gasteiger partial charge < -0.3 is 11.5 Å². The predicted octanol–water partition coefficient (Wildman–Crippen LogP) is 4.35. The van der Waals surface area contributed by atoms with E-state index in [1.54, 1.807) is 0 Å². The maximum Gasteiger partial charge on any atom is 0.397 e. The van der Waals surface area contributed by atoms with Crippen molar-refractivity contribution >= 4 is 97.4 Å². The smallest absolute Gasteiger partial charge is 0.396 e. The second-order valence-electron chi connectivity index (χ2n) is 9.48. The molecule has 50 heavy (non-hydrogen) atoms. The van der Waals surface area contributed by atoms with Crippen LogP contribution in [0.5, 0.6) is 0 Å². The van der Waals surface area contributed by atoms with Gasteiger partial charge in [-0.15, -0.1) is 24.8 Å². The van der Waals surface area contributed by atoms with E-state index in [9.17, 15) is 42.8 Å². The van der Waals surface area contributed by atoms with Crippen molar-refractivity contribution in [2.75, 3.05) is 23.8 Å². The molecule has 8 N–H and O–H groups in total. The number of rotatable bonds is 14. The molecule has 4 rings (SSSR count). The van der Waals surface area contributed by atoms with Crippen LogP contribution in [0.1, 0.15) is 0 Å². The average Bonchev–Trinajstić information content (AvgIpc) is 3.01. The molecule has 0 aromatic heterocycles. The van der Waals surface area contributed by atoms with Crippen LogP contribution in [0.2, 0.25) is 0 Å². The minimum absolute atomic E-state index is 0.0313. The average molecular weight is 795 g/mol. The Balaban J connectivity index is 1.81. The summed E-state index contributed by atoms with van der Waals surface area (Å²) in [6, 6.07) is 11.8. The van der Waals surface area contributed by atoms with E-state index in [0.717, 1.165) is 24.3 Å². The van der Waals surface area contributed by atoms with E-state index in [1.807, 2.05) is 0 Å². The second-order valence-corrected chi connectivity index (χ2v) is 16.2. The summed E-state index contributed by atoms with van der Waals surface area (Å²) in [5.74, 6) is -0.812. The van der Waals surface area contributed by atoms with Crippen molar-refractivity contribution in [3.05, 3.63) is 60.7 Å². The summed E-state index contributed by atoms with van der Waals surface area (Å²) in [6.07, 6.45) is 0. The van der Waals surface area contributed by atoms with Crippen LogP contribution in [-0.2, 0) is 54.0 Å². The van der Waals surface area contributed by atoms with Crippen molar-refractivity contribution < 1.29 is 66.1 Å². The molecule has 0 radical (unpaired) electrons. The lowest BCUT2D eigenvalue weighted by atomic mass is 10.1. The van der Waals surface area contributed by atoms with E-state index < -0.39 is 85.4 Å². The lowest BCUT2D eigenvalue weighted by Crippen LogP contribution is -2.15. The molecule has 0 heterocycles. The first-order chi connectivity index (χ1) is 23.2. The van der Waals surface area contributed by atoms with Crippen LogP contribution in [0.15, 0.2) is 101 Å². The molecule has 0 aliphatic heterocycles. The Hall–Kier alpha value is -4.19. The Kier molecular flexibility index (Phi) is 11.6. The lowest BCUT2D eigenvalue weighted by molar-refractivity contribution is -0.432. The minimum Gasteiger partial charge on any atom is -0.396 e. The highest BCUT2D eigenvalue weighted by Gasteiger charge is 2.24. The van der Waals surface area contributed by atoms with Gasteiger partial charge in [0.15, 0.2) is 9.84 Å². The highest BCUT2D eigenvalue weighted by Crippen LogP contribution is 2.45. The number of nitrogen functional groups attached to an aromatic ring is 2. The van der Waals surface area contributed by atoms with Gasteiger partial charge in [-0.2, -0.15) is 25.3 Å². The fourth-order valence-corrected chi connectivity index (χ4v) is 7.43. The number of fused-ring (bicyclic) bond motifs is 1. The van der Waals surface area contributed by atoms with Crippen molar-refractivity contribution in [3.8, 4) is 0 Å². The predicted molar refractivity (Wildman–Crippen MR) is 174 cm³/mol. The van der Waals surface area contributed by atoms with Gasteiger partial charge in [0.05, 0.1) is 45.6 Å². The molecule has 0 amide bonds. The lowest BCUT2D eigenvalue weighted by Gasteiger charge is -2.12. The number of sulfone groups is 1. The Morgan fingerprint density at radius 3 is 1.98 bits per heavy atom. The largest absolute Gasteiger partial charge is 0.397 e. The quantitative estimate of drug-likeness (QED) is 0.0258. The highest BCUT2D eigenvalue weighted by atomic mass is 32.3. The van der Waals surface area contributed by atoms with Crippen LogP contribution < -0.4 is 11.5 Å². The van der Waals surface area contributed by atoms with Crippen molar-refractivity contribution in [2.24, 2.45) is 20.5 Å². The second kappa shape index (κ2) is 15.0. The molecule has 0 bridgehead atoms. The number of nitrogens with zero attached hydrogens (tertiary/aromatic N) is 4. The molecule has 0 spiro atoms. The molecular weight excluding hydrogens is 773 g/mol. The number of hydrogen-bond acceptors (Lipinski definition) is 19. The molecule has 268 valence electrons. The van der Waals surface area contributed by atoms with Gasteiger partial charge in [0, 0.05) is 5.39 Å². The third-order valence-electron chi connectivity index (χ3n) is 6.28. The molecule has 4 aromatic rings. The summed E-state index contributed by atoms with van der Waals surface area (Å²) in [6.45, 7) is -0.868. The Bertz CT molecular complexity index is 2480. The topological polar surface area (TPSA) is 347 Å². The molecule has 21 nitrogen and oxygen atoms in total. The summed E-state index contributed by atoms with van der Waals surface area (Å²) in [5, 5.41) is 28.3. The maximum atomic E-state index is 12.7. The van der Waals surface area contributed by atoms with Crippen LogP contribution >= 0.6 is 12.0 Å². The van der Waals surface area contributed by atoms with E-state index in [4.69, 9.17) is 21.3 Å². The molecule has 0 aliphatic rings. The molecule has 0 unspecified atom stereocenters. The van der Waals surface area contributed by atoms with E-state index in [0.29, 0.717) is 12.0 Å². The Morgan fingerprint density at radius 2 is 1.34 bits per heavy atom. The van der Waals surface area contributed by atoms with Crippen LogP contribution in [-0.4, -0.2) is 64.9 Å². The van der Waals surface area contributed by atoms with E-state index in [-0.39, 0.29) is 31.9 Å². The standard InChI is InChI=1S/C24H22N6O15S5/c25-21-18(29-27-16-3-1-2-4-19(16)48(34,35)36)12-20(49(37,38)39)22(26)23(21)30-28-17-8-5-13-11-14(6-7-15(13)24(17)46-45-44-31)47(32,33)10-9-43-50(40,41)42/h1-8,11-12,31H,9-10,25-26H2,(H,34,35,36)(H,37,38,39)(H,40,41,42). The van der Waals surface area contributed by atoms with Crippen molar-refractivity contribution in [3.63, 3.8) is 0 Å². The van der Waals surface area contributed by atoms with Gasteiger partial charge in [0.25, 0.3) is 20.2 Å². The molecule has 0 saturated heterocycles. The van der Waals surface area contributed by atoms with Crippen molar-refractivity contribution in [1.82, 2.24) is 0 Å². The van der Waals surface area contributed by atoms with Gasteiger partial charge in [0.1, 0.15) is 32.5 Å². The third-order valence-corrected chi connectivity index (χ3v) is 10.9. The molecule has 0 atom stereocenters. The monoisotopic (exact) mass is 794 g/mol. The molecule has 0 saturated carbocycles. The summed E-state index contributed by atoms with van der Waals surface area (Å²) < 4.78 is 131. The first kappa shape index (κ1) is 38.6. The van der Waals surface area contributed by atoms with Gasteiger partial charge >= 0.3 is 10.4 Å². The molecule has 0 fully saturated rings. The summed E-state index contributed by atoms with van der Waals surface area (Å²) >= 11 is 0.378. The van der Waals surface area contributed by atoms with Crippen LogP contribution in [0.25, 0.3) is 10.8 Å². The minimum atomic E-state index is -5.06. The van der Waals surface area contributed by atoms with Crippen LogP contribution in [0.3, 0.4) is 0 Å². The van der Waals surface area contributed by atoms with Gasteiger partial charge in [-0.3, -0.25) is 13.7 Å². The molecule has 4 aromatic carbocycles. The normalized spacial score (nSPS) is 13.1. The van der Waals surface area contributed by atoms with Crippen LogP contribution in [0.4, 0.5) is 34.1 Å². The number of azo groups is 2. The first-order valence-electron chi connectivity index (χ1n) is 12.9. The third kappa shape index (κ3) is 9.32. The fourth-order valence-electron chi connectivity index (χ4n) is 4.08. The van der Waals surface area contributed by atoms with Gasteiger partial charge in [-0.25, -0.2) is 17.9 Å². The molecule has 26 heteroatoms. The molecular formula is C24H22N6O15S5. The van der Waals surface area contributed by atoms with E-state index in [2.05, 4.69) is 34.0 Å². The van der Waals surface area contributed by atoms with Crippen molar-refractivity contribution in [2.45, 2.75) is 19.6 Å². The summed E-state index contributed by atoms with van der Waals surface area (Å²) in [5.41, 5.74) is 9.48. The Labute approximate surface area is 287 Å². The Morgan fingerprint density at radius 1 is 0.700 bits per heavy atom. The van der Waals surface area contributed by atoms with Crippen molar-refractivity contribution in [1.29, 1.82) is 0 Å². The highest BCUT2D eigenvalue weighted by molar-refractivity contribution is 7.95. The summed E-state index contributed by atoms with van der Waals surface area (Å²) in [4.78, 5) is -1.81. The number of benzene rings is 4. The number of anilines is 2. The zero-order valence-electron chi connectivity index (χ0n) is 24.5. The SMILES string of the molecule is Nc1c(N=Nc2ccccc2S(=O)(=O)O)cc(S(=O)(=O)O)c(N)c1N=Nc1ccc2cc(S(=O)(=O)CCOS(=O)(=O)O)ccc2c1SOOO. The van der Waals surface area contributed by atoms with E-state index in [1.165, 1.54) is 36.4 Å².